The second-order valence-corrected chi connectivity index (χ2v) is 5.72. The molecule has 0 spiro atoms. The van der Waals surface area contributed by atoms with Crippen LogP contribution in [0.2, 0.25) is 0 Å². The third kappa shape index (κ3) is 7.99. The number of nitrogens with one attached hydrogen (secondary N) is 2. The highest BCUT2D eigenvalue weighted by molar-refractivity contribution is 5.97. The Morgan fingerprint density at radius 1 is 1.09 bits per heavy atom. The summed E-state index contributed by atoms with van der Waals surface area (Å²) < 4.78 is 5.00. The van der Waals surface area contributed by atoms with Gasteiger partial charge in [-0.1, -0.05) is 44.2 Å². The van der Waals surface area contributed by atoms with Gasteiger partial charge in [0.25, 0.3) is 5.91 Å². The molecule has 0 unspecified atom stereocenters. The zero-order valence-corrected chi connectivity index (χ0v) is 13.8. The van der Waals surface area contributed by atoms with Gasteiger partial charge in [0, 0.05) is 13.0 Å². The lowest BCUT2D eigenvalue weighted by Gasteiger charge is -2.13. The summed E-state index contributed by atoms with van der Waals surface area (Å²) in [5.74, 6) is -0.699. The summed E-state index contributed by atoms with van der Waals surface area (Å²) in [5, 5.41) is 4.72. The van der Waals surface area contributed by atoms with Crippen molar-refractivity contribution >= 4 is 17.9 Å². The number of benzene rings is 1. The summed E-state index contributed by atoms with van der Waals surface area (Å²) in [6, 6.07) is 8.70. The van der Waals surface area contributed by atoms with E-state index < -0.39 is 24.0 Å². The molecule has 0 aliphatic rings. The van der Waals surface area contributed by atoms with E-state index in [0.29, 0.717) is 18.9 Å². The van der Waals surface area contributed by atoms with Crippen LogP contribution in [0.1, 0.15) is 39.2 Å². The Balaban J connectivity index is 2.30. The van der Waals surface area contributed by atoms with Crippen LogP contribution in [0.15, 0.2) is 30.3 Å². The van der Waals surface area contributed by atoms with Gasteiger partial charge in [0.05, 0.1) is 0 Å². The van der Waals surface area contributed by atoms with Crippen LogP contribution in [-0.4, -0.2) is 24.0 Å². The molecule has 0 bridgehead atoms. The van der Waals surface area contributed by atoms with Crippen molar-refractivity contribution in [2.75, 3.05) is 0 Å². The van der Waals surface area contributed by atoms with E-state index in [1.807, 2.05) is 44.2 Å². The van der Waals surface area contributed by atoms with Gasteiger partial charge >= 0.3 is 12.0 Å². The van der Waals surface area contributed by atoms with E-state index in [9.17, 15) is 14.4 Å². The van der Waals surface area contributed by atoms with Crippen molar-refractivity contribution in [3.63, 3.8) is 0 Å². The molecule has 1 aromatic carbocycles. The van der Waals surface area contributed by atoms with E-state index in [1.165, 1.54) is 6.92 Å². The van der Waals surface area contributed by atoms with Crippen molar-refractivity contribution in [1.29, 1.82) is 0 Å². The van der Waals surface area contributed by atoms with Gasteiger partial charge in [0.2, 0.25) is 0 Å². The average Bonchev–Trinajstić information content (AvgIpc) is 2.51. The number of imide groups is 1. The van der Waals surface area contributed by atoms with E-state index in [2.05, 4.69) is 10.6 Å². The van der Waals surface area contributed by atoms with Crippen LogP contribution in [0, 0.1) is 5.92 Å². The van der Waals surface area contributed by atoms with E-state index in [0.717, 1.165) is 5.56 Å². The largest absolute Gasteiger partial charge is 0.453 e. The fourth-order valence-electron chi connectivity index (χ4n) is 1.75. The molecule has 0 aliphatic carbocycles. The molecule has 6 nitrogen and oxygen atoms in total. The first-order valence-electron chi connectivity index (χ1n) is 7.70. The van der Waals surface area contributed by atoms with Gasteiger partial charge in [-0.25, -0.2) is 4.79 Å². The molecular weight excluding hydrogens is 296 g/mol. The normalized spacial score (nSPS) is 11.7. The summed E-state index contributed by atoms with van der Waals surface area (Å²) >= 11 is 0. The Morgan fingerprint density at radius 2 is 1.74 bits per heavy atom. The highest BCUT2D eigenvalue weighted by atomic mass is 16.5. The number of hydrogen-bond donors (Lipinski definition) is 2. The third-order valence-electron chi connectivity index (χ3n) is 3.14. The van der Waals surface area contributed by atoms with Crippen molar-refractivity contribution in [3.8, 4) is 0 Å². The van der Waals surface area contributed by atoms with Crippen LogP contribution in [0.4, 0.5) is 4.79 Å². The molecule has 1 aromatic rings. The van der Waals surface area contributed by atoms with E-state index in [1.54, 1.807) is 0 Å². The molecule has 2 N–H and O–H groups in total. The topological polar surface area (TPSA) is 84.5 Å². The number of urea groups is 1. The van der Waals surface area contributed by atoms with Gasteiger partial charge in [-0.15, -0.1) is 0 Å². The Hall–Kier alpha value is -2.37. The van der Waals surface area contributed by atoms with Crippen molar-refractivity contribution in [1.82, 2.24) is 10.6 Å². The average molecular weight is 320 g/mol. The lowest BCUT2D eigenvalue weighted by molar-refractivity contribution is -0.154. The second-order valence-electron chi connectivity index (χ2n) is 5.72. The molecule has 0 aliphatic heterocycles. The Labute approximate surface area is 136 Å². The predicted molar refractivity (Wildman–Crippen MR) is 86.4 cm³/mol. The smallest absolute Gasteiger partial charge is 0.321 e. The molecule has 6 heteroatoms. The highest BCUT2D eigenvalue weighted by Crippen LogP contribution is 2.06. The zero-order valence-electron chi connectivity index (χ0n) is 13.8. The minimum absolute atomic E-state index is 0.259. The van der Waals surface area contributed by atoms with Crippen LogP contribution < -0.4 is 10.6 Å². The van der Waals surface area contributed by atoms with E-state index in [4.69, 9.17) is 4.74 Å². The first-order valence-corrected chi connectivity index (χ1v) is 7.70. The predicted octanol–water partition coefficient (Wildman–Crippen LogP) is 2.38. The number of ether oxygens (including phenoxy) is 1. The maximum Gasteiger partial charge on any atom is 0.321 e. The molecule has 23 heavy (non-hydrogen) atoms. The van der Waals surface area contributed by atoms with E-state index >= 15 is 0 Å². The van der Waals surface area contributed by atoms with Crippen LogP contribution in [-0.2, 0) is 20.9 Å². The van der Waals surface area contributed by atoms with Gasteiger partial charge in [-0.05, 0) is 24.8 Å². The lowest BCUT2D eigenvalue weighted by Crippen LogP contribution is -2.44. The summed E-state index contributed by atoms with van der Waals surface area (Å²) in [6.07, 6.45) is -0.0441. The zero-order chi connectivity index (χ0) is 17.2. The molecule has 0 heterocycles. The van der Waals surface area contributed by atoms with Crippen molar-refractivity contribution in [2.24, 2.45) is 5.92 Å². The first-order chi connectivity index (χ1) is 10.9. The number of hydrogen-bond acceptors (Lipinski definition) is 4. The summed E-state index contributed by atoms with van der Waals surface area (Å²) in [4.78, 5) is 35.0. The quantitative estimate of drug-likeness (QED) is 0.755. The molecule has 0 saturated heterocycles. The molecule has 1 rings (SSSR count). The first kappa shape index (κ1) is 18.7. The Bertz CT molecular complexity index is 529. The number of carbonyl (C=O) groups excluding carboxylic acids is 3. The minimum atomic E-state index is -1.00. The minimum Gasteiger partial charge on any atom is -0.453 e. The SMILES string of the molecule is CC(C)CCC(=O)O[C@H](C)C(=O)NC(=O)NCc1ccccc1. The summed E-state index contributed by atoms with van der Waals surface area (Å²) in [7, 11) is 0. The molecule has 0 radical (unpaired) electrons. The standard InChI is InChI=1S/C17H24N2O4/c1-12(2)9-10-15(20)23-13(3)16(21)19-17(22)18-11-14-7-5-4-6-8-14/h4-8,12-13H,9-11H2,1-3H3,(H2,18,19,21,22)/t13-/m1/s1. The fourth-order valence-corrected chi connectivity index (χ4v) is 1.75. The maximum absolute atomic E-state index is 11.8. The molecular formula is C17H24N2O4. The molecule has 0 saturated carbocycles. The molecule has 0 fully saturated rings. The number of rotatable bonds is 7. The summed E-state index contributed by atoms with van der Waals surface area (Å²) in [6.45, 7) is 5.75. The van der Waals surface area contributed by atoms with Gasteiger partial charge in [0.15, 0.2) is 6.10 Å². The van der Waals surface area contributed by atoms with Gasteiger partial charge in [-0.3, -0.25) is 14.9 Å². The van der Waals surface area contributed by atoms with Crippen LogP contribution in [0.5, 0.6) is 0 Å². The van der Waals surface area contributed by atoms with Crippen LogP contribution in [0.3, 0.4) is 0 Å². The number of amides is 3. The number of carbonyl (C=O) groups is 3. The maximum atomic E-state index is 11.8. The molecule has 3 amide bonds. The monoisotopic (exact) mass is 320 g/mol. The Kier molecular flexibility index (Phi) is 7.80. The van der Waals surface area contributed by atoms with Crippen molar-refractivity contribution in [2.45, 2.75) is 46.3 Å². The van der Waals surface area contributed by atoms with Gasteiger partial charge in [0.1, 0.15) is 0 Å². The summed E-state index contributed by atoms with van der Waals surface area (Å²) in [5.41, 5.74) is 0.920. The number of esters is 1. The molecule has 126 valence electrons. The second kappa shape index (κ2) is 9.61. The van der Waals surface area contributed by atoms with E-state index in [-0.39, 0.29) is 6.42 Å². The van der Waals surface area contributed by atoms with Crippen molar-refractivity contribution in [3.05, 3.63) is 35.9 Å². The van der Waals surface area contributed by atoms with Crippen LogP contribution in [0.25, 0.3) is 0 Å². The Morgan fingerprint density at radius 3 is 2.35 bits per heavy atom. The third-order valence-corrected chi connectivity index (χ3v) is 3.14. The van der Waals surface area contributed by atoms with Gasteiger partial charge < -0.3 is 10.1 Å². The highest BCUT2D eigenvalue weighted by Gasteiger charge is 2.19. The van der Waals surface area contributed by atoms with Gasteiger partial charge in [-0.2, -0.15) is 0 Å². The molecule has 0 aromatic heterocycles. The lowest BCUT2D eigenvalue weighted by atomic mass is 10.1. The van der Waals surface area contributed by atoms with Crippen LogP contribution >= 0.6 is 0 Å². The van der Waals surface area contributed by atoms with Crippen molar-refractivity contribution < 1.29 is 19.1 Å². The fraction of sp³-hybridized carbons (Fsp3) is 0.471. The molecule has 1 atom stereocenters.